The minimum absolute atomic E-state index is 0.136. The molecule has 0 bridgehead atoms. The summed E-state index contributed by atoms with van der Waals surface area (Å²) in [5, 5.41) is 4.21. The zero-order valence-electron chi connectivity index (χ0n) is 9.72. The zero-order valence-corrected chi connectivity index (χ0v) is 11.3. The molecule has 2 aromatic rings. The SMILES string of the molecule is NNC(=O)c1cc(CSc2cc(Cl)ccc2N)on1. The quantitative estimate of drug-likeness (QED) is 0.261. The third-order valence-corrected chi connectivity index (χ3v) is 3.60. The second kappa shape index (κ2) is 5.96. The van der Waals surface area contributed by atoms with Gasteiger partial charge in [-0.15, -0.1) is 11.8 Å². The Labute approximate surface area is 118 Å². The molecule has 8 heteroatoms. The van der Waals surface area contributed by atoms with E-state index in [4.69, 9.17) is 27.7 Å². The number of hydrogen-bond donors (Lipinski definition) is 3. The number of thioether (sulfide) groups is 1. The van der Waals surface area contributed by atoms with Gasteiger partial charge in [0.1, 0.15) is 5.76 Å². The summed E-state index contributed by atoms with van der Waals surface area (Å²) in [4.78, 5) is 12.0. The van der Waals surface area contributed by atoms with Crippen LogP contribution in [0.3, 0.4) is 0 Å². The lowest BCUT2D eigenvalue weighted by atomic mass is 10.3. The first-order chi connectivity index (χ1) is 9.10. The van der Waals surface area contributed by atoms with Gasteiger partial charge in [0.15, 0.2) is 5.69 Å². The highest BCUT2D eigenvalue weighted by molar-refractivity contribution is 7.98. The molecule has 0 fully saturated rings. The Morgan fingerprint density at radius 2 is 2.26 bits per heavy atom. The number of carbonyl (C=O) groups excluding carboxylic acids is 1. The number of carbonyl (C=O) groups is 1. The second-order valence-electron chi connectivity index (χ2n) is 3.62. The monoisotopic (exact) mass is 298 g/mol. The topological polar surface area (TPSA) is 107 Å². The van der Waals surface area contributed by atoms with E-state index < -0.39 is 5.91 Å². The number of halogens is 1. The largest absolute Gasteiger partial charge is 0.398 e. The molecule has 2 rings (SSSR count). The predicted octanol–water partition coefficient (Wildman–Crippen LogP) is 1.81. The van der Waals surface area contributed by atoms with Gasteiger partial charge >= 0.3 is 0 Å². The van der Waals surface area contributed by atoms with Gasteiger partial charge in [0, 0.05) is 21.7 Å². The number of nitrogens with two attached hydrogens (primary N) is 2. The average Bonchev–Trinajstić information content (AvgIpc) is 2.88. The number of aromatic nitrogens is 1. The summed E-state index contributed by atoms with van der Waals surface area (Å²) in [5.74, 6) is 5.53. The van der Waals surface area contributed by atoms with Crippen LogP contribution in [0.1, 0.15) is 16.2 Å². The molecular weight excluding hydrogens is 288 g/mol. The number of hydrogen-bond acceptors (Lipinski definition) is 6. The molecule has 0 aliphatic heterocycles. The minimum Gasteiger partial charge on any atom is -0.398 e. The molecule has 5 N–H and O–H groups in total. The van der Waals surface area contributed by atoms with Crippen molar-refractivity contribution in [1.29, 1.82) is 0 Å². The Bertz CT molecular complexity index is 602. The van der Waals surface area contributed by atoms with Crippen molar-refractivity contribution in [2.45, 2.75) is 10.6 Å². The van der Waals surface area contributed by atoms with E-state index in [0.29, 0.717) is 22.2 Å². The summed E-state index contributed by atoms with van der Waals surface area (Å²) in [7, 11) is 0. The van der Waals surface area contributed by atoms with E-state index in [1.165, 1.54) is 17.8 Å². The fourth-order valence-corrected chi connectivity index (χ4v) is 2.46. The molecule has 19 heavy (non-hydrogen) atoms. The first kappa shape index (κ1) is 13.7. The molecule has 1 amide bonds. The molecule has 0 radical (unpaired) electrons. The molecule has 1 heterocycles. The van der Waals surface area contributed by atoms with Crippen molar-refractivity contribution in [3.8, 4) is 0 Å². The van der Waals surface area contributed by atoms with Crippen molar-refractivity contribution in [2.24, 2.45) is 5.84 Å². The van der Waals surface area contributed by atoms with Gasteiger partial charge in [-0.1, -0.05) is 16.8 Å². The molecular formula is C11H11ClN4O2S. The van der Waals surface area contributed by atoms with E-state index in [1.807, 2.05) is 5.43 Å². The van der Waals surface area contributed by atoms with Crippen LogP contribution in [0, 0.1) is 0 Å². The number of hydrazine groups is 1. The molecule has 100 valence electrons. The van der Waals surface area contributed by atoms with Gasteiger partial charge in [0.05, 0.1) is 5.75 Å². The smallest absolute Gasteiger partial charge is 0.287 e. The van der Waals surface area contributed by atoms with E-state index in [9.17, 15) is 4.79 Å². The zero-order chi connectivity index (χ0) is 13.8. The number of anilines is 1. The van der Waals surface area contributed by atoms with Gasteiger partial charge in [0.25, 0.3) is 5.91 Å². The summed E-state index contributed by atoms with van der Waals surface area (Å²) in [6.45, 7) is 0. The van der Waals surface area contributed by atoms with Crippen LogP contribution in [0.4, 0.5) is 5.69 Å². The summed E-state index contributed by atoms with van der Waals surface area (Å²) >= 11 is 7.33. The fraction of sp³-hybridized carbons (Fsp3) is 0.0909. The number of amides is 1. The first-order valence-corrected chi connectivity index (χ1v) is 6.61. The van der Waals surface area contributed by atoms with Gasteiger partial charge in [-0.25, -0.2) is 5.84 Å². The van der Waals surface area contributed by atoms with Crippen LogP contribution in [0.5, 0.6) is 0 Å². The third kappa shape index (κ3) is 3.40. The Balaban J connectivity index is 2.04. The predicted molar refractivity (Wildman–Crippen MR) is 73.6 cm³/mol. The lowest BCUT2D eigenvalue weighted by Crippen LogP contribution is -2.30. The summed E-state index contributed by atoms with van der Waals surface area (Å²) in [5.41, 5.74) is 8.57. The Hall–Kier alpha value is -1.70. The highest BCUT2D eigenvalue weighted by atomic mass is 35.5. The van der Waals surface area contributed by atoms with E-state index in [1.54, 1.807) is 18.2 Å². The summed E-state index contributed by atoms with van der Waals surface area (Å²) in [6, 6.07) is 6.75. The molecule has 6 nitrogen and oxygen atoms in total. The molecule has 0 spiro atoms. The fourth-order valence-electron chi connectivity index (χ4n) is 1.34. The van der Waals surface area contributed by atoms with Crippen molar-refractivity contribution < 1.29 is 9.32 Å². The molecule has 1 aromatic carbocycles. The Morgan fingerprint density at radius 1 is 1.47 bits per heavy atom. The van der Waals surface area contributed by atoms with Crippen molar-refractivity contribution in [1.82, 2.24) is 10.6 Å². The lowest BCUT2D eigenvalue weighted by molar-refractivity contribution is 0.0944. The standard InChI is InChI=1S/C11H11ClN4O2S/c12-6-1-2-8(13)10(3-6)19-5-7-4-9(16-18-7)11(17)15-14/h1-4H,5,13-14H2,(H,15,17). The number of nitrogens with zero attached hydrogens (tertiary/aromatic N) is 1. The van der Waals surface area contributed by atoms with Crippen LogP contribution in [0.25, 0.3) is 0 Å². The number of rotatable bonds is 4. The van der Waals surface area contributed by atoms with Crippen molar-refractivity contribution in [3.63, 3.8) is 0 Å². The van der Waals surface area contributed by atoms with Crippen LogP contribution < -0.4 is 17.0 Å². The molecule has 0 saturated heterocycles. The maximum Gasteiger partial charge on any atom is 0.287 e. The number of nitrogen functional groups attached to an aromatic ring is 2. The summed E-state index contributed by atoms with van der Waals surface area (Å²) in [6.07, 6.45) is 0. The number of nitrogens with one attached hydrogen (secondary N) is 1. The molecule has 0 aliphatic rings. The maximum absolute atomic E-state index is 11.2. The Kier molecular flexibility index (Phi) is 4.31. The van der Waals surface area contributed by atoms with Gasteiger partial charge < -0.3 is 10.3 Å². The van der Waals surface area contributed by atoms with Crippen LogP contribution in [-0.4, -0.2) is 11.1 Å². The van der Waals surface area contributed by atoms with Crippen molar-refractivity contribution >= 4 is 35.0 Å². The second-order valence-corrected chi connectivity index (χ2v) is 5.08. The highest BCUT2D eigenvalue weighted by Gasteiger charge is 2.11. The minimum atomic E-state index is -0.498. The molecule has 0 saturated carbocycles. The highest BCUT2D eigenvalue weighted by Crippen LogP contribution is 2.30. The average molecular weight is 299 g/mol. The van der Waals surface area contributed by atoms with E-state index in [-0.39, 0.29) is 5.69 Å². The van der Waals surface area contributed by atoms with Crippen LogP contribution in [0.15, 0.2) is 33.7 Å². The van der Waals surface area contributed by atoms with E-state index >= 15 is 0 Å². The Morgan fingerprint density at radius 3 is 3.00 bits per heavy atom. The first-order valence-electron chi connectivity index (χ1n) is 5.24. The molecule has 1 aromatic heterocycles. The summed E-state index contributed by atoms with van der Waals surface area (Å²) < 4.78 is 5.02. The molecule has 0 unspecified atom stereocenters. The third-order valence-electron chi connectivity index (χ3n) is 2.27. The van der Waals surface area contributed by atoms with Gasteiger partial charge in [-0.3, -0.25) is 10.2 Å². The molecule has 0 aliphatic carbocycles. The van der Waals surface area contributed by atoms with Gasteiger partial charge in [-0.05, 0) is 18.2 Å². The van der Waals surface area contributed by atoms with E-state index in [0.717, 1.165) is 4.90 Å². The van der Waals surface area contributed by atoms with Crippen molar-refractivity contribution in [3.05, 3.63) is 40.7 Å². The van der Waals surface area contributed by atoms with Crippen LogP contribution in [-0.2, 0) is 5.75 Å². The lowest BCUT2D eigenvalue weighted by Gasteiger charge is -2.03. The van der Waals surface area contributed by atoms with Crippen molar-refractivity contribution in [2.75, 3.05) is 5.73 Å². The van der Waals surface area contributed by atoms with Gasteiger partial charge in [-0.2, -0.15) is 0 Å². The van der Waals surface area contributed by atoms with Gasteiger partial charge in [0.2, 0.25) is 0 Å². The number of benzene rings is 1. The van der Waals surface area contributed by atoms with Crippen LogP contribution in [0.2, 0.25) is 5.02 Å². The normalized spacial score (nSPS) is 10.4. The maximum atomic E-state index is 11.2. The van der Waals surface area contributed by atoms with E-state index in [2.05, 4.69) is 5.16 Å². The molecule has 0 atom stereocenters. The van der Waals surface area contributed by atoms with Crippen LogP contribution >= 0.6 is 23.4 Å².